The summed E-state index contributed by atoms with van der Waals surface area (Å²) in [4.78, 5) is 9.22. The molecule has 0 aliphatic carbocycles. The van der Waals surface area contributed by atoms with E-state index in [1.165, 1.54) is 0 Å². The molecule has 17 heavy (non-hydrogen) atoms. The minimum absolute atomic E-state index is 0.289. The van der Waals surface area contributed by atoms with Crippen molar-refractivity contribution in [1.29, 1.82) is 0 Å². The number of nitrogens with one attached hydrogen (secondary N) is 1. The number of likely N-dealkylation sites (N-methyl/N-ethyl adjacent to an activating group) is 1. The van der Waals surface area contributed by atoms with Crippen LogP contribution >= 0.6 is 0 Å². The van der Waals surface area contributed by atoms with Gasteiger partial charge in [0.2, 0.25) is 6.29 Å². The Balaban J connectivity index is 0.000000437. The molecule has 1 rings (SSSR count). The quantitative estimate of drug-likeness (QED) is 0.778. The summed E-state index contributed by atoms with van der Waals surface area (Å²) in [5, 5.41) is 2.59. The molecule has 0 saturated carbocycles. The maximum atomic E-state index is 9.22. The van der Waals surface area contributed by atoms with Crippen molar-refractivity contribution in [3.05, 3.63) is 0 Å². The molecule has 6 nitrogen and oxygen atoms in total. The van der Waals surface area contributed by atoms with Crippen LogP contribution in [0.15, 0.2) is 0 Å². The average molecular weight is 248 g/mol. The van der Waals surface area contributed by atoms with Crippen LogP contribution in [0.4, 0.5) is 0 Å². The second-order valence-electron chi connectivity index (χ2n) is 3.49. The van der Waals surface area contributed by atoms with E-state index in [0.717, 1.165) is 0 Å². The minimum Gasteiger partial charge on any atom is -0.324 e. The van der Waals surface area contributed by atoms with Crippen molar-refractivity contribution in [3.63, 3.8) is 0 Å². The minimum atomic E-state index is -0.289. The van der Waals surface area contributed by atoms with Gasteiger partial charge in [-0.05, 0) is 34.7 Å². The predicted octanol–water partition coefficient (Wildman–Crippen LogP) is 0.766. The lowest BCUT2D eigenvalue weighted by Gasteiger charge is -2.30. The van der Waals surface area contributed by atoms with E-state index in [1.807, 2.05) is 27.7 Å². The van der Waals surface area contributed by atoms with Gasteiger partial charge >= 0.3 is 0 Å². The highest BCUT2D eigenvalue weighted by Crippen LogP contribution is 2.13. The largest absolute Gasteiger partial charge is 0.324 e. The lowest BCUT2D eigenvalue weighted by Crippen LogP contribution is -2.35. The lowest BCUT2D eigenvalue weighted by molar-refractivity contribution is -0.367. The first kappa shape index (κ1) is 16.5. The number of carbonyl (C=O) groups excluding carboxylic acids is 1. The molecule has 1 fully saturated rings. The summed E-state index contributed by atoms with van der Waals surface area (Å²) < 4.78 is 21.2. The second-order valence-corrected chi connectivity index (χ2v) is 3.49. The number of hydrogen-bond acceptors (Lipinski definition) is 6. The molecule has 0 aromatic heterocycles. The van der Waals surface area contributed by atoms with E-state index in [2.05, 4.69) is 5.32 Å². The molecule has 0 aromatic rings. The number of hydrogen-bond donors (Lipinski definition) is 1. The summed E-state index contributed by atoms with van der Waals surface area (Å²) in [5.74, 6) is 0. The summed E-state index contributed by atoms with van der Waals surface area (Å²) >= 11 is 0. The molecule has 0 amide bonds. The van der Waals surface area contributed by atoms with Crippen LogP contribution in [0.25, 0.3) is 0 Å². The van der Waals surface area contributed by atoms with Crippen LogP contribution in [0.2, 0.25) is 0 Å². The SMILES string of the molecule is CC1OC(C)OC(C)OC(C)O1.CNC[C]=O. The molecule has 0 aromatic carbocycles. The zero-order valence-electron chi connectivity index (χ0n) is 11.1. The highest BCUT2D eigenvalue weighted by molar-refractivity contribution is 5.52. The molecule has 1 radical (unpaired) electrons. The van der Waals surface area contributed by atoms with Gasteiger partial charge < -0.3 is 24.3 Å². The Kier molecular flexibility index (Phi) is 9.20. The zero-order chi connectivity index (χ0) is 13.3. The molecule has 101 valence electrons. The van der Waals surface area contributed by atoms with Crippen LogP contribution in [-0.4, -0.2) is 45.0 Å². The van der Waals surface area contributed by atoms with Gasteiger partial charge in [-0.15, -0.1) is 0 Å². The first-order chi connectivity index (χ1) is 7.99. The zero-order valence-corrected chi connectivity index (χ0v) is 11.1. The third-order valence-corrected chi connectivity index (χ3v) is 1.78. The summed E-state index contributed by atoms with van der Waals surface area (Å²) in [6.45, 7) is 7.59. The molecule has 6 heteroatoms. The van der Waals surface area contributed by atoms with Crippen LogP contribution in [0.5, 0.6) is 0 Å². The smallest absolute Gasteiger partial charge is 0.213 e. The molecule has 0 spiro atoms. The standard InChI is InChI=1S/C8H16O4.C3H6NO/c1-5-9-6(2)11-8(4)12-7(3)10-5;1-4-2-3-5/h5-8H,1-4H3;4H,2H2,1H3. The molecule has 1 aliphatic rings. The van der Waals surface area contributed by atoms with Crippen molar-refractivity contribution in [2.75, 3.05) is 13.6 Å². The summed E-state index contributed by atoms with van der Waals surface area (Å²) in [5.41, 5.74) is 0. The van der Waals surface area contributed by atoms with Gasteiger partial charge in [-0.25, -0.2) is 0 Å². The summed E-state index contributed by atoms with van der Waals surface area (Å²) in [7, 11) is 1.70. The maximum Gasteiger partial charge on any atom is 0.213 e. The van der Waals surface area contributed by atoms with Gasteiger partial charge in [-0.2, -0.15) is 0 Å². The molecule has 0 unspecified atom stereocenters. The van der Waals surface area contributed by atoms with Gasteiger partial charge in [0.15, 0.2) is 25.2 Å². The second kappa shape index (κ2) is 9.49. The van der Waals surface area contributed by atoms with Gasteiger partial charge in [-0.3, -0.25) is 4.79 Å². The molecule has 0 bridgehead atoms. The van der Waals surface area contributed by atoms with Gasteiger partial charge in [0.25, 0.3) is 0 Å². The van der Waals surface area contributed by atoms with Crippen molar-refractivity contribution < 1.29 is 23.7 Å². The van der Waals surface area contributed by atoms with Gasteiger partial charge in [0.05, 0.1) is 6.54 Å². The monoisotopic (exact) mass is 248 g/mol. The maximum absolute atomic E-state index is 9.22. The van der Waals surface area contributed by atoms with Crippen LogP contribution in [0, 0.1) is 0 Å². The highest BCUT2D eigenvalue weighted by atomic mass is 16.9. The molecule has 1 aliphatic heterocycles. The summed E-state index contributed by atoms with van der Waals surface area (Å²) in [6.07, 6.45) is 0.499. The molecule has 1 N–H and O–H groups in total. The molecule has 1 heterocycles. The van der Waals surface area contributed by atoms with Crippen molar-refractivity contribution >= 4 is 6.29 Å². The van der Waals surface area contributed by atoms with Crippen molar-refractivity contribution in [2.24, 2.45) is 0 Å². The molecule has 1 saturated heterocycles. The topological polar surface area (TPSA) is 66.0 Å². The summed E-state index contributed by atoms with van der Waals surface area (Å²) in [6, 6.07) is 0. The van der Waals surface area contributed by atoms with Gasteiger partial charge in [-0.1, -0.05) is 0 Å². The molecule has 0 atom stereocenters. The van der Waals surface area contributed by atoms with Crippen LogP contribution in [-0.2, 0) is 23.7 Å². The van der Waals surface area contributed by atoms with Crippen LogP contribution < -0.4 is 5.32 Å². The Morgan fingerprint density at radius 2 is 1.18 bits per heavy atom. The first-order valence-electron chi connectivity index (χ1n) is 5.61. The fourth-order valence-electron chi connectivity index (χ4n) is 1.28. The number of rotatable bonds is 2. The van der Waals surface area contributed by atoms with E-state index < -0.39 is 0 Å². The van der Waals surface area contributed by atoms with E-state index in [4.69, 9.17) is 18.9 Å². The Morgan fingerprint density at radius 3 is 1.29 bits per heavy atom. The van der Waals surface area contributed by atoms with E-state index in [1.54, 1.807) is 13.3 Å². The van der Waals surface area contributed by atoms with Crippen LogP contribution in [0.3, 0.4) is 0 Å². The third kappa shape index (κ3) is 9.20. The van der Waals surface area contributed by atoms with E-state index >= 15 is 0 Å². The highest BCUT2D eigenvalue weighted by Gasteiger charge is 2.21. The normalized spacial score (nSPS) is 33.9. The fraction of sp³-hybridized carbons (Fsp3) is 0.909. The van der Waals surface area contributed by atoms with E-state index in [9.17, 15) is 4.79 Å². The fourth-order valence-corrected chi connectivity index (χ4v) is 1.28. The Morgan fingerprint density at radius 1 is 0.882 bits per heavy atom. The van der Waals surface area contributed by atoms with Crippen molar-refractivity contribution in [3.8, 4) is 0 Å². The molecular formula is C11H22NO5. The van der Waals surface area contributed by atoms with Crippen molar-refractivity contribution in [1.82, 2.24) is 5.32 Å². The number of ether oxygens (including phenoxy) is 4. The van der Waals surface area contributed by atoms with E-state index in [0.29, 0.717) is 6.54 Å². The Hall–Kier alpha value is -0.530. The van der Waals surface area contributed by atoms with E-state index in [-0.39, 0.29) is 25.2 Å². The van der Waals surface area contributed by atoms with Crippen LogP contribution in [0.1, 0.15) is 27.7 Å². The lowest BCUT2D eigenvalue weighted by atomic mass is 10.6. The average Bonchev–Trinajstić information content (AvgIpc) is 2.16. The predicted molar refractivity (Wildman–Crippen MR) is 61.8 cm³/mol. The first-order valence-corrected chi connectivity index (χ1v) is 5.61. The van der Waals surface area contributed by atoms with Gasteiger partial charge in [0.1, 0.15) is 0 Å². The van der Waals surface area contributed by atoms with Crippen molar-refractivity contribution in [2.45, 2.75) is 52.9 Å². The Labute approximate surface area is 103 Å². The Bertz CT molecular complexity index is 162. The van der Waals surface area contributed by atoms with Gasteiger partial charge in [0, 0.05) is 0 Å². The third-order valence-electron chi connectivity index (χ3n) is 1.78. The molecular weight excluding hydrogens is 226 g/mol.